The van der Waals surface area contributed by atoms with Crippen LogP contribution in [0.5, 0.6) is 0 Å². The van der Waals surface area contributed by atoms with Gasteiger partial charge in [-0.3, -0.25) is 9.69 Å². The highest BCUT2D eigenvalue weighted by molar-refractivity contribution is 6.31. The van der Waals surface area contributed by atoms with Crippen LogP contribution in [0.2, 0.25) is 5.02 Å². The molecule has 0 radical (unpaired) electrons. The smallest absolute Gasteiger partial charge is 0.223 e. The summed E-state index contributed by atoms with van der Waals surface area (Å²) in [4.78, 5) is 14.9. The van der Waals surface area contributed by atoms with Gasteiger partial charge in [-0.05, 0) is 75.5 Å². The number of piperidine rings is 1. The summed E-state index contributed by atoms with van der Waals surface area (Å²) >= 11 is 6.13. The molecular weight excluding hydrogens is 375 g/mol. The number of nitrogens with zero attached hydrogens (tertiary/aromatic N) is 1. The first-order valence-electron chi connectivity index (χ1n) is 9.88. The molecule has 1 fully saturated rings. The van der Waals surface area contributed by atoms with E-state index in [4.69, 9.17) is 11.6 Å². The molecule has 1 aliphatic heterocycles. The normalized spacial score (nSPS) is 16.8. The molecule has 2 aromatic carbocycles. The molecule has 1 atom stereocenters. The molecular formula is C23H28ClFN2O. The molecule has 1 heterocycles. The van der Waals surface area contributed by atoms with Gasteiger partial charge in [-0.15, -0.1) is 0 Å². The summed E-state index contributed by atoms with van der Waals surface area (Å²) in [5, 5.41) is 3.62. The molecule has 1 amide bonds. The van der Waals surface area contributed by atoms with Crippen molar-refractivity contribution in [1.82, 2.24) is 10.2 Å². The average molecular weight is 403 g/mol. The van der Waals surface area contributed by atoms with Crippen LogP contribution in [0.15, 0.2) is 36.4 Å². The molecule has 1 N–H and O–H groups in total. The molecule has 1 saturated heterocycles. The van der Waals surface area contributed by atoms with Gasteiger partial charge in [0, 0.05) is 23.0 Å². The maximum Gasteiger partial charge on any atom is 0.223 e. The van der Waals surface area contributed by atoms with Crippen molar-refractivity contribution in [3.05, 3.63) is 69.5 Å². The van der Waals surface area contributed by atoms with Gasteiger partial charge in [0.1, 0.15) is 5.82 Å². The third kappa shape index (κ3) is 4.92. The fourth-order valence-corrected chi connectivity index (χ4v) is 3.93. The Bertz CT molecular complexity index is 826. The molecule has 1 aliphatic rings. The summed E-state index contributed by atoms with van der Waals surface area (Å²) in [6, 6.07) is 11.1. The Hall–Kier alpha value is -1.91. The van der Waals surface area contributed by atoms with Crippen molar-refractivity contribution in [3.8, 4) is 0 Å². The predicted molar refractivity (Wildman–Crippen MR) is 112 cm³/mol. The number of benzene rings is 2. The number of rotatable bonds is 5. The lowest BCUT2D eigenvalue weighted by Gasteiger charge is -2.32. The largest absolute Gasteiger partial charge is 0.349 e. The summed E-state index contributed by atoms with van der Waals surface area (Å²) in [6.07, 6.45) is 1.55. The second kappa shape index (κ2) is 9.06. The van der Waals surface area contributed by atoms with E-state index >= 15 is 0 Å². The van der Waals surface area contributed by atoms with Crippen LogP contribution in [0.25, 0.3) is 0 Å². The molecule has 0 aliphatic carbocycles. The summed E-state index contributed by atoms with van der Waals surface area (Å²) in [5.74, 6) is -0.162. The number of carbonyl (C=O) groups excluding carboxylic acids is 1. The van der Waals surface area contributed by atoms with Gasteiger partial charge in [-0.25, -0.2) is 4.39 Å². The molecule has 3 rings (SSSR count). The van der Waals surface area contributed by atoms with Crippen molar-refractivity contribution < 1.29 is 9.18 Å². The van der Waals surface area contributed by atoms with Crippen molar-refractivity contribution in [2.24, 2.45) is 5.92 Å². The summed E-state index contributed by atoms with van der Waals surface area (Å²) in [6.45, 7) is 8.22. The highest BCUT2D eigenvalue weighted by Crippen LogP contribution is 2.25. The van der Waals surface area contributed by atoms with Gasteiger partial charge >= 0.3 is 0 Å². The van der Waals surface area contributed by atoms with E-state index in [1.807, 2.05) is 6.92 Å². The van der Waals surface area contributed by atoms with E-state index in [0.29, 0.717) is 17.1 Å². The monoisotopic (exact) mass is 402 g/mol. The minimum absolute atomic E-state index is 0.00124. The van der Waals surface area contributed by atoms with Crippen LogP contribution in [-0.4, -0.2) is 23.9 Å². The number of nitrogens with one attached hydrogen (secondary N) is 1. The molecule has 1 unspecified atom stereocenters. The maximum absolute atomic E-state index is 14.0. The number of hydrogen-bond acceptors (Lipinski definition) is 2. The van der Waals surface area contributed by atoms with Crippen molar-refractivity contribution >= 4 is 17.5 Å². The van der Waals surface area contributed by atoms with Gasteiger partial charge in [0.25, 0.3) is 0 Å². The predicted octanol–water partition coefficient (Wildman–Crippen LogP) is 5.19. The van der Waals surface area contributed by atoms with E-state index in [2.05, 4.69) is 42.3 Å². The van der Waals surface area contributed by atoms with Gasteiger partial charge < -0.3 is 5.32 Å². The average Bonchev–Trinajstić information content (AvgIpc) is 2.67. The molecule has 5 heteroatoms. The Balaban J connectivity index is 1.53. The number of carbonyl (C=O) groups is 1. The molecule has 0 spiro atoms. The number of amides is 1. The van der Waals surface area contributed by atoms with E-state index < -0.39 is 0 Å². The summed E-state index contributed by atoms with van der Waals surface area (Å²) < 4.78 is 14.0. The van der Waals surface area contributed by atoms with Crippen molar-refractivity contribution in [3.63, 3.8) is 0 Å². The van der Waals surface area contributed by atoms with Crippen LogP contribution >= 0.6 is 11.6 Å². The van der Waals surface area contributed by atoms with Crippen LogP contribution in [0.1, 0.15) is 48.1 Å². The Morgan fingerprint density at radius 2 is 1.93 bits per heavy atom. The SMILES string of the molecule is Cc1ccc(C(C)NC(=O)C2CCN(Cc3c(F)cccc3Cl)CC2)cc1C. The molecule has 150 valence electrons. The highest BCUT2D eigenvalue weighted by Gasteiger charge is 2.26. The number of halogens is 2. The molecule has 28 heavy (non-hydrogen) atoms. The minimum atomic E-state index is -0.269. The molecule has 2 aromatic rings. The van der Waals surface area contributed by atoms with Crippen molar-refractivity contribution in [2.75, 3.05) is 13.1 Å². The summed E-state index contributed by atoms with van der Waals surface area (Å²) in [5.41, 5.74) is 4.15. The van der Waals surface area contributed by atoms with Gasteiger partial charge in [-0.1, -0.05) is 35.9 Å². The van der Waals surface area contributed by atoms with Crippen LogP contribution in [0.4, 0.5) is 4.39 Å². The Morgan fingerprint density at radius 3 is 2.57 bits per heavy atom. The Labute approximate surface area is 171 Å². The fraction of sp³-hybridized carbons (Fsp3) is 0.435. The van der Waals surface area contributed by atoms with Crippen molar-refractivity contribution in [1.29, 1.82) is 0 Å². The van der Waals surface area contributed by atoms with Crippen LogP contribution in [0.3, 0.4) is 0 Å². The topological polar surface area (TPSA) is 32.3 Å². The lowest BCUT2D eigenvalue weighted by atomic mass is 9.94. The van der Waals surface area contributed by atoms with E-state index in [0.717, 1.165) is 31.5 Å². The van der Waals surface area contributed by atoms with E-state index in [9.17, 15) is 9.18 Å². The van der Waals surface area contributed by atoms with E-state index in [1.54, 1.807) is 12.1 Å². The van der Waals surface area contributed by atoms with Gasteiger partial charge in [0.2, 0.25) is 5.91 Å². The van der Waals surface area contributed by atoms with Crippen LogP contribution < -0.4 is 5.32 Å². The first kappa shape index (κ1) is 20.8. The van der Waals surface area contributed by atoms with Crippen LogP contribution in [0, 0.1) is 25.6 Å². The Morgan fingerprint density at radius 1 is 1.21 bits per heavy atom. The van der Waals surface area contributed by atoms with Crippen LogP contribution in [-0.2, 0) is 11.3 Å². The third-order valence-corrected chi connectivity index (χ3v) is 6.15. The zero-order valence-electron chi connectivity index (χ0n) is 16.8. The number of hydrogen-bond donors (Lipinski definition) is 1. The second-order valence-corrected chi connectivity index (χ2v) is 8.23. The highest BCUT2D eigenvalue weighted by atomic mass is 35.5. The zero-order valence-corrected chi connectivity index (χ0v) is 17.5. The zero-order chi connectivity index (χ0) is 20.3. The van der Waals surface area contributed by atoms with Gasteiger partial charge in [0.05, 0.1) is 6.04 Å². The number of aryl methyl sites for hydroxylation is 2. The molecule has 0 bridgehead atoms. The molecule has 0 saturated carbocycles. The molecule has 0 aromatic heterocycles. The second-order valence-electron chi connectivity index (χ2n) is 7.82. The quantitative estimate of drug-likeness (QED) is 0.746. The minimum Gasteiger partial charge on any atom is -0.349 e. The Kier molecular flexibility index (Phi) is 6.73. The number of likely N-dealkylation sites (tertiary alicyclic amines) is 1. The van der Waals surface area contributed by atoms with Gasteiger partial charge in [0.15, 0.2) is 0 Å². The lowest BCUT2D eigenvalue weighted by molar-refractivity contribution is -0.127. The van der Waals surface area contributed by atoms with Crippen molar-refractivity contribution in [2.45, 2.75) is 46.2 Å². The standard InChI is InChI=1S/C23H28ClFN2O/c1-15-7-8-19(13-16(15)2)17(3)26-23(28)18-9-11-27(12-10-18)14-20-21(24)5-4-6-22(20)25/h4-8,13,17-18H,9-12,14H2,1-3H3,(H,26,28). The molecule has 3 nitrogen and oxygen atoms in total. The fourth-order valence-electron chi connectivity index (χ4n) is 3.71. The summed E-state index contributed by atoms with van der Waals surface area (Å²) in [7, 11) is 0. The van der Waals surface area contributed by atoms with E-state index in [-0.39, 0.29) is 23.7 Å². The first-order valence-corrected chi connectivity index (χ1v) is 10.3. The van der Waals surface area contributed by atoms with E-state index in [1.165, 1.54) is 17.2 Å². The third-order valence-electron chi connectivity index (χ3n) is 5.79. The lowest BCUT2D eigenvalue weighted by Crippen LogP contribution is -2.41. The van der Waals surface area contributed by atoms with Gasteiger partial charge in [-0.2, -0.15) is 0 Å². The first-order chi connectivity index (χ1) is 13.3. The maximum atomic E-state index is 14.0.